The number of aliphatic carboxylic acids is 1. The highest BCUT2D eigenvalue weighted by atomic mass is 16.7. The zero-order chi connectivity index (χ0) is 23.5. The van der Waals surface area contributed by atoms with Gasteiger partial charge < -0.3 is 40.1 Å². The number of carboxylic acid groups (broad SMARTS) is 1. The van der Waals surface area contributed by atoms with Crippen LogP contribution in [0.15, 0.2) is 42.5 Å². The number of benzene rings is 2. The summed E-state index contributed by atoms with van der Waals surface area (Å²) >= 11 is 0. The molecule has 4 rings (SSSR count). The lowest BCUT2D eigenvalue weighted by Crippen LogP contribution is -2.61. The molecule has 0 spiro atoms. The summed E-state index contributed by atoms with van der Waals surface area (Å²) < 4.78 is 11.0. The van der Waals surface area contributed by atoms with Crippen molar-refractivity contribution in [1.29, 1.82) is 0 Å². The molecule has 2 aromatic carbocycles. The third kappa shape index (κ3) is 4.83. The van der Waals surface area contributed by atoms with E-state index in [1.807, 2.05) is 31.3 Å². The molecule has 0 aromatic heterocycles. The molecule has 1 fully saturated rings. The summed E-state index contributed by atoms with van der Waals surface area (Å²) in [5.74, 6) is -1.06. The van der Waals surface area contributed by atoms with Crippen LogP contribution in [0.4, 0.5) is 11.4 Å². The van der Waals surface area contributed by atoms with Gasteiger partial charge in [-0.2, -0.15) is 0 Å². The molecular formula is C24H30N2O7. The van der Waals surface area contributed by atoms with Crippen molar-refractivity contribution in [1.82, 2.24) is 5.32 Å². The fourth-order valence-electron chi connectivity index (χ4n) is 4.42. The van der Waals surface area contributed by atoms with E-state index in [1.54, 1.807) is 6.07 Å². The minimum Gasteiger partial charge on any atom is -0.479 e. The molecule has 5 atom stereocenters. The van der Waals surface area contributed by atoms with E-state index in [2.05, 4.69) is 22.3 Å². The second-order valence-corrected chi connectivity index (χ2v) is 8.38. The molecule has 3 unspecified atom stereocenters. The maximum atomic E-state index is 11.4. The Bertz CT molecular complexity index is 985. The van der Waals surface area contributed by atoms with Gasteiger partial charge in [-0.1, -0.05) is 18.2 Å². The zero-order valence-corrected chi connectivity index (χ0v) is 18.4. The fourth-order valence-corrected chi connectivity index (χ4v) is 4.42. The Balaban J connectivity index is 1.59. The van der Waals surface area contributed by atoms with Crippen LogP contribution >= 0.6 is 0 Å². The predicted molar refractivity (Wildman–Crippen MR) is 121 cm³/mol. The quantitative estimate of drug-likeness (QED) is 0.382. The van der Waals surface area contributed by atoms with Crippen molar-refractivity contribution in [3.8, 4) is 5.75 Å². The number of aliphatic hydroxyl groups excluding tert-OH is 3. The Morgan fingerprint density at radius 3 is 2.55 bits per heavy atom. The second-order valence-electron chi connectivity index (χ2n) is 8.38. The van der Waals surface area contributed by atoms with Crippen LogP contribution < -0.4 is 15.0 Å². The van der Waals surface area contributed by atoms with E-state index in [9.17, 15) is 25.2 Å². The molecule has 2 aliphatic heterocycles. The third-order valence-electron chi connectivity index (χ3n) is 6.16. The van der Waals surface area contributed by atoms with E-state index in [4.69, 9.17) is 9.47 Å². The van der Waals surface area contributed by atoms with E-state index in [0.29, 0.717) is 5.75 Å². The van der Waals surface area contributed by atoms with E-state index in [0.717, 1.165) is 43.6 Å². The highest BCUT2D eigenvalue weighted by Crippen LogP contribution is 2.38. The molecular weight excluding hydrogens is 428 g/mol. The molecule has 0 amide bonds. The average Bonchev–Trinajstić information content (AvgIpc) is 2.96. The van der Waals surface area contributed by atoms with Crippen LogP contribution in [-0.2, 0) is 22.4 Å². The van der Waals surface area contributed by atoms with Gasteiger partial charge in [0, 0.05) is 17.9 Å². The van der Waals surface area contributed by atoms with Gasteiger partial charge in [0.2, 0.25) is 6.29 Å². The number of nitrogens with zero attached hydrogens (tertiary/aromatic N) is 1. The van der Waals surface area contributed by atoms with Crippen LogP contribution in [0.1, 0.15) is 17.5 Å². The maximum absolute atomic E-state index is 11.4. The average molecular weight is 459 g/mol. The van der Waals surface area contributed by atoms with Crippen molar-refractivity contribution >= 4 is 17.3 Å². The SMILES string of the molecule is CNCCCN1c2ccccc2CCc2cc(O[C@H]3OC(C(=O)O)[C@H](O)C(O)C3O)ccc21. The lowest BCUT2D eigenvalue weighted by Gasteiger charge is -2.38. The minimum atomic E-state index is -1.76. The van der Waals surface area contributed by atoms with Crippen molar-refractivity contribution in [3.63, 3.8) is 0 Å². The van der Waals surface area contributed by atoms with Crippen molar-refractivity contribution in [2.75, 3.05) is 25.0 Å². The third-order valence-corrected chi connectivity index (χ3v) is 6.16. The molecule has 2 aliphatic rings. The number of aryl methyl sites for hydroxylation is 2. The Labute approximate surface area is 192 Å². The van der Waals surface area contributed by atoms with Crippen LogP contribution in [0.5, 0.6) is 5.75 Å². The molecule has 0 aliphatic carbocycles. The van der Waals surface area contributed by atoms with E-state index in [-0.39, 0.29) is 0 Å². The minimum absolute atomic E-state index is 0.381. The summed E-state index contributed by atoms with van der Waals surface area (Å²) in [6.45, 7) is 1.73. The first kappa shape index (κ1) is 23.5. The smallest absolute Gasteiger partial charge is 0.335 e. The van der Waals surface area contributed by atoms with Gasteiger partial charge in [0.25, 0.3) is 0 Å². The van der Waals surface area contributed by atoms with Crippen LogP contribution in [0.3, 0.4) is 0 Å². The zero-order valence-electron chi connectivity index (χ0n) is 18.4. The van der Waals surface area contributed by atoms with Gasteiger partial charge in [0.05, 0.1) is 0 Å². The molecule has 9 heteroatoms. The molecule has 0 bridgehead atoms. The molecule has 9 nitrogen and oxygen atoms in total. The molecule has 2 aromatic rings. The number of hydrogen-bond donors (Lipinski definition) is 5. The number of carbonyl (C=O) groups is 1. The molecule has 0 radical (unpaired) electrons. The summed E-state index contributed by atoms with van der Waals surface area (Å²) in [6, 6.07) is 13.9. The number of anilines is 2. The Kier molecular flexibility index (Phi) is 7.16. The number of rotatable bonds is 7. The summed E-state index contributed by atoms with van der Waals surface area (Å²) in [5.41, 5.74) is 4.54. The van der Waals surface area contributed by atoms with E-state index < -0.39 is 36.7 Å². The van der Waals surface area contributed by atoms with Crippen molar-refractivity contribution in [2.45, 2.75) is 50.0 Å². The molecule has 33 heavy (non-hydrogen) atoms. The number of aliphatic hydroxyl groups is 3. The standard InChI is InChI=1S/C24H30N2O7/c1-25-11-4-12-26-17-6-3-2-5-14(17)7-8-15-13-16(9-10-18(15)26)32-24-21(29)19(27)20(28)22(33-24)23(30)31/h2-3,5-6,9-10,13,19-22,24-25,27-29H,4,7-8,11-12H2,1H3,(H,30,31)/t19?,20-,21?,22?,24+/m1/s1. The molecule has 5 N–H and O–H groups in total. The van der Waals surface area contributed by atoms with Gasteiger partial charge in [0.1, 0.15) is 24.1 Å². The topological polar surface area (TPSA) is 132 Å². The number of hydrogen-bond acceptors (Lipinski definition) is 8. The van der Waals surface area contributed by atoms with Gasteiger partial charge >= 0.3 is 5.97 Å². The van der Waals surface area contributed by atoms with Crippen LogP contribution in [0.2, 0.25) is 0 Å². The fraction of sp³-hybridized carbons (Fsp3) is 0.458. The van der Waals surface area contributed by atoms with Gasteiger partial charge in [-0.15, -0.1) is 0 Å². The largest absolute Gasteiger partial charge is 0.479 e. The Hall–Kier alpha value is -2.69. The highest BCUT2D eigenvalue weighted by molar-refractivity contribution is 5.73. The monoisotopic (exact) mass is 458 g/mol. The van der Waals surface area contributed by atoms with Crippen LogP contribution in [-0.4, -0.2) is 77.2 Å². The Morgan fingerprint density at radius 1 is 1.06 bits per heavy atom. The molecule has 2 heterocycles. The maximum Gasteiger partial charge on any atom is 0.335 e. The van der Waals surface area contributed by atoms with Gasteiger partial charge in [0.15, 0.2) is 6.10 Å². The summed E-state index contributed by atoms with van der Waals surface area (Å²) in [4.78, 5) is 13.7. The van der Waals surface area contributed by atoms with E-state index in [1.165, 1.54) is 11.3 Å². The normalized spacial score (nSPS) is 26.8. The van der Waals surface area contributed by atoms with Crippen molar-refractivity contribution in [2.24, 2.45) is 0 Å². The predicted octanol–water partition coefficient (Wildman–Crippen LogP) is 0.804. The summed E-state index contributed by atoms with van der Waals surface area (Å²) in [5, 5.41) is 42.6. The first-order chi connectivity index (χ1) is 15.9. The molecule has 0 saturated carbocycles. The number of ether oxygens (including phenoxy) is 2. The first-order valence-electron chi connectivity index (χ1n) is 11.1. The highest BCUT2D eigenvalue weighted by Gasteiger charge is 2.48. The van der Waals surface area contributed by atoms with Gasteiger partial charge in [-0.05, 0) is 68.2 Å². The summed E-state index contributed by atoms with van der Waals surface area (Å²) in [7, 11) is 1.93. The molecule has 178 valence electrons. The van der Waals surface area contributed by atoms with Crippen molar-refractivity contribution in [3.05, 3.63) is 53.6 Å². The van der Waals surface area contributed by atoms with Gasteiger partial charge in [-0.25, -0.2) is 4.79 Å². The lowest BCUT2D eigenvalue weighted by molar-refractivity contribution is -0.271. The van der Waals surface area contributed by atoms with Crippen LogP contribution in [0, 0.1) is 0 Å². The number of nitrogens with one attached hydrogen (secondary N) is 1. The van der Waals surface area contributed by atoms with Gasteiger partial charge in [-0.3, -0.25) is 0 Å². The molecule has 1 saturated heterocycles. The van der Waals surface area contributed by atoms with Crippen molar-refractivity contribution < 1.29 is 34.7 Å². The second kappa shape index (κ2) is 10.1. The number of fused-ring (bicyclic) bond motifs is 2. The summed E-state index contributed by atoms with van der Waals surface area (Å²) in [6.07, 6.45) is -5.61. The van der Waals surface area contributed by atoms with Crippen LogP contribution in [0.25, 0.3) is 0 Å². The van der Waals surface area contributed by atoms with E-state index >= 15 is 0 Å². The first-order valence-corrected chi connectivity index (χ1v) is 11.1. The number of para-hydroxylation sites is 1. The number of carboxylic acids is 1. The Morgan fingerprint density at radius 2 is 1.79 bits per heavy atom. The lowest BCUT2D eigenvalue weighted by atomic mass is 9.99.